The number of nitrogens with zero attached hydrogens (tertiary/aromatic N) is 1. The third-order valence-electron chi connectivity index (χ3n) is 4.85. The second-order valence-electron chi connectivity index (χ2n) is 6.93. The van der Waals surface area contributed by atoms with Gasteiger partial charge in [0, 0.05) is 23.2 Å². The Labute approximate surface area is 165 Å². The predicted octanol–water partition coefficient (Wildman–Crippen LogP) is 3.57. The van der Waals surface area contributed by atoms with E-state index in [2.05, 4.69) is 4.90 Å². The van der Waals surface area contributed by atoms with Crippen molar-refractivity contribution in [3.05, 3.63) is 59.2 Å². The molecule has 1 aliphatic rings. The number of Topliss-reactive ketones (excluding diaryl/α,β-unsaturated/α-hetero) is 1. The molecule has 1 fully saturated rings. The molecule has 1 saturated heterocycles. The van der Waals surface area contributed by atoms with Gasteiger partial charge in [0.15, 0.2) is 29.1 Å². The van der Waals surface area contributed by atoms with Crippen molar-refractivity contribution < 1.29 is 30.8 Å². The topological polar surface area (TPSA) is 66.5 Å². The first-order valence-electron chi connectivity index (χ1n) is 8.79. The van der Waals surface area contributed by atoms with Gasteiger partial charge in [0.25, 0.3) is 10.0 Å². The molecular formula is C19H18F4N2O3S. The van der Waals surface area contributed by atoms with Gasteiger partial charge in [0.1, 0.15) is 4.90 Å². The number of anilines is 1. The quantitative estimate of drug-likeness (QED) is 0.341. The first-order chi connectivity index (χ1) is 13.6. The molecule has 2 aromatic rings. The Bertz CT molecular complexity index is 1050. The second kappa shape index (κ2) is 8.11. The Hall–Kier alpha value is -2.46. The van der Waals surface area contributed by atoms with Gasteiger partial charge in [0.2, 0.25) is 0 Å². The van der Waals surface area contributed by atoms with Crippen molar-refractivity contribution in [1.82, 2.24) is 4.90 Å². The summed E-state index contributed by atoms with van der Waals surface area (Å²) in [7, 11) is -2.82. The number of hydrogen-bond donors (Lipinski definition) is 1. The number of carbonyl (C=O) groups excluding carboxylic acids is 1. The monoisotopic (exact) mass is 430 g/mol. The van der Waals surface area contributed by atoms with Crippen LogP contribution in [0.15, 0.2) is 35.2 Å². The Balaban J connectivity index is 1.86. The average molecular weight is 430 g/mol. The van der Waals surface area contributed by atoms with E-state index in [4.69, 9.17) is 0 Å². The van der Waals surface area contributed by atoms with E-state index < -0.39 is 38.2 Å². The van der Waals surface area contributed by atoms with Crippen molar-refractivity contribution >= 4 is 21.5 Å². The first kappa shape index (κ1) is 21.3. The molecule has 3 rings (SSSR count). The van der Waals surface area contributed by atoms with Crippen LogP contribution < -0.4 is 4.72 Å². The summed E-state index contributed by atoms with van der Waals surface area (Å²) < 4.78 is 80.4. The Kier molecular flexibility index (Phi) is 5.95. The SMILES string of the molecule is CN1CCC(C(=O)c2cccc(NS(=O)(=O)c3cc(F)c(F)c(F)c3F)c2)CC1. The summed E-state index contributed by atoms with van der Waals surface area (Å²) in [5, 5.41) is 0. The van der Waals surface area contributed by atoms with Crippen molar-refractivity contribution in [3.8, 4) is 0 Å². The lowest BCUT2D eigenvalue weighted by molar-refractivity contribution is 0.0857. The van der Waals surface area contributed by atoms with Crippen molar-refractivity contribution in [2.45, 2.75) is 17.7 Å². The van der Waals surface area contributed by atoms with Gasteiger partial charge in [-0.05, 0) is 45.1 Å². The summed E-state index contributed by atoms with van der Waals surface area (Å²) >= 11 is 0. The largest absolute Gasteiger partial charge is 0.306 e. The van der Waals surface area contributed by atoms with E-state index in [9.17, 15) is 30.8 Å². The van der Waals surface area contributed by atoms with E-state index in [0.717, 1.165) is 13.1 Å². The van der Waals surface area contributed by atoms with Crippen molar-refractivity contribution in [2.75, 3.05) is 24.9 Å². The highest BCUT2D eigenvalue weighted by atomic mass is 32.2. The number of ketones is 1. The van der Waals surface area contributed by atoms with Crippen LogP contribution in [-0.2, 0) is 10.0 Å². The van der Waals surface area contributed by atoms with Crippen LogP contribution in [-0.4, -0.2) is 39.2 Å². The molecule has 1 N–H and O–H groups in total. The van der Waals surface area contributed by atoms with Crippen LogP contribution in [0, 0.1) is 29.2 Å². The van der Waals surface area contributed by atoms with Crippen molar-refractivity contribution in [3.63, 3.8) is 0 Å². The lowest BCUT2D eigenvalue weighted by Gasteiger charge is -2.28. The van der Waals surface area contributed by atoms with E-state index >= 15 is 0 Å². The van der Waals surface area contributed by atoms with Gasteiger partial charge in [-0.25, -0.2) is 26.0 Å². The van der Waals surface area contributed by atoms with Crippen LogP contribution in [0.1, 0.15) is 23.2 Å². The molecule has 10 heteroatoms. The molecule has 5 nitrogen and oxygen atoms in total. The smallest absolute Gasteiger partial charge is 0.265 e. The highest BCUT2D eigenvalue weighted by Gasteiger charge is 2.28. The van der Waals surface area contributed by atoms with Crippen molar-refractivity contribution in [2.24, 2.45) is 5.92 Å². The Morgan fingerprint density at radius 1 is 1.03 bits per heavy atom. The summed E-state index contributed by atoms with van der Waals surface area (Å²) in [6, 6.07) is 5.59. The third kappa shape index (κ3) is 4.43. The lowest BCUT2D eigenvalue weighted by atomic mass is 9.89. The molecule has 0 spiro atoms. The summed E-state index contributed by atoms with van der Waals surface area (Å²) in [4.78, 5) is 13.4. The standard InChI is InChI=1S/C19H18F4N2O3S/c1-25-7-5-11(6-8-25)19(26)12-3-2-4-13(9-12)24-29(27,28)15-10-14(20)16(21)18(23)17(15)22/h2-4,9-11,24H,5-8H2,1H3. The minimum atomic E-state index is -4.77. The number of benzene rings is 2. The van der Waals surface area contributed by atoms with E-state index in [1.165, 1.54) is 24.3 Å². The number of halogens is 4. The fraction of sp³-hybridized carbons (Fsp3) is 0.316. The highest BCUT2D eigenvalue weighted by molar-refractivity contribution is 7.92. The minimum Gasteiger partial charge on any atom is -0.306 e. The van der Waals surface area contributed by atoms with E-state index in [0.29, 0.717) is 12.8 Å². The molecule has 1 aliphatic heterocycles. The summed E-state index contributed by atoms with van der Waals surface area (Å²) in [5.41, 5.74) is 0.171. The van der Waals surface area contributed by atoms with Gasteiger partial charge < -0.3 is 4.90 Å². The fourth-order valence-electron chi connectivity index (χ4n) is 3.20. The predicted molar refractivity (Wildman–Crippen MR) is 98.1 cm³/mol. The zero-order valence-corrected chi connectivity index (χ0v) is 16.2. The van der Waals surface area contributed by atoms with Gasteiger partial charge >= 0.3 is 0 Å². The molecule has 0 aromatic heterocycles. The van der Waals surface area contributed by atoms with Crippen LogP contribution in [0.25, 0.3) is 0 Å². The van der Waals surface area contributed by atoms with E-state index in [1.54, 1.807) is 0 Å². The van der Waals surface area contributed by atoms with E-state index in [1.807, 2.05) is 11.8 Å². The molecule has 0 unspecified atom stereocenters. The van der Waals surface area contributed by atoms with Gasteiger partial charge in [-0.15, -0.1) is 0 Å². The summed E-state index contributed by atoms with van der Waals surface area (Å²) in [6.07, 6.45) is 1.34. The van der Waals surface area contributed by atoms with Gasteiger partial charge in [-0.2, -0.15) is 0 Å². The van der Waals surface area contributed by atoms with Crippen LogP contribution >= 0.6 is 0 Å². The molecular weight excluding hydrogens is 412 g/mol. The molecule has 0 saturated carbocycles. The van der Waals surface area contributed by atoms with Gasteiger partial charge in [-0.3, -0.25) is 9.52 Å². The number of carbonyl (C=O) groups is 1. The van der Waals surface area contributed by atoms with Gasteiger partial charge in [0.05, 0.1) is 0 Å². The maximum atomic E-state index is 13.9. The van der Waals surface area contributed by atoms with Crippen LogP contribution in [0.4, 0.5) is 23.2 Å². The second-order valence-corrected chi connectivity index (χ2v) is 8.58. The maximum absolute atomic E-state index is 13.9. The Morgan fingerprint density at radius 3 is 2.34 bits per heavy atom. The fourth-order valence-corrected chi connectivity index (χ4v) is 4.33. The maximum Gasteiger partial charge on any atom is 0.265 e. The first-order valence-corrected chi connectivity index (χ1v) is 10.3. The highest BCUT2D eigenvalue weighted by Crippen LogP contribution is 2.26. The molecule has 0 bridgehead atoms. The molecule has 0 aliphatic carbocycles. The Morgan fingerprint density at radius 2 is 1.69 bits per heavy atom. The number of hydrogen-bond acceptors (Lipinski definition) is 4. The number of piperidine rings is 1. The molecule has 29 heavy (non-hydrogen) atoms. The number of nitrogens with one attached hydrogen (secondary N) is 1. The molecule has 0 atom stereocenters. The molecule has 1 heterocycles. The van der Waals surface area contributed by atoms with Crippen LogP contribution in [0.5, 0.6) is 0 Å². The lowest BCUT2D eigenvalue weighted by Crippen LogP contribution is -2.33. The molecule has 0 radical (unpaired) electrons. The zero-order valence-electron chi connectivity index (χ0n) is 15.4. The zero-order chi connectivity index (χ0) is 21.3. The summed E-state index contributed by atoms with van der Waals surface area (Å²) in [6.45, 7) is 1.54. The molecule has 0 amide bonds. The van der Waals surface area contributed by atoms with Crippen LogP contribution in [0.2, 0.25) is 0 Å². The third-order valence-corrected chi connectivity index (χ3v) is 6.23. The van der Waals surface area contributed by atoms with E-state index in [-0.39, 0.29) is 29.0 Å². The molecule has 2 aromatic carbocycles. The normalized spacial score (nSPS) is 16.0. The number of rotatable bonds is 5. The molecule has 156 valence electrons. The number of sulfonamides is 1. The summed E-state index contributed by atoms with van der Waals surface area (Å²) in [5.74, 6) is -8.55. The van der Waals surface area contributed by atoms with Crippen LogP contribution in [0.3, 0.4) is 0 Å². The van der Waals surface area contributed by atoms with Crippen molar-refractivity contribution in [1.29, 1.82) is 0 Å². The van der Waals surface area contributed by atoms with Gasteiger partial charge in [-0.1, -0.05) is 12.1 Å². The minimum absolute atomic E-state index is 0.0591. The number of likely N-dealkylation sites (tertiary alicyclic amines) is 1. The average Bonchev–Trinajstić information content (AvgIpc) is 2.69.